The Kier molecular flexibility index (Phi) is 6.14. The number of rotatable bonds is 7. The molecule has 0 spiro atoms. The second kappa shape index (κ2) is 7.63. The van der Waals surface area contributed by atoms with Gasteiger partial charge in [-0.15, -0.1) is 11.3 Å². The molecule has 0 amide bonds. The summed E-state index contributed by atoms with van der Waals surface area (Å²) in [4.78, 5) is 1.43. The second-order valence-corrected chi connectivity index (χ2v) is 7.41. The summed E-state index contributed by atoms with van der Waals surface area (Å²) in [6.45, 7) is 2.84. The molecule has 0 atom stereocenters. The average molecular weight is 302 g/mol. The van der Waals surface area contributed by atoms with E-state index in [2.05, 4.69) is 11.4 Å². The highest BCUT2D eigenvalue weighted by Gasteiger charge is 2.32. The fraction of sp³-hybridized carbons (Fsp3) is 0.733. The molecule has 1 saturated carbocycles. The minimum Gasteiger partial charge on any atom is -0.383 e. The first-order chi connectivity index (χ1) is 9.24. The van der Waals surface area contributed by atoms with Crippen molar-refractivity contribution >= 4 is 22.9 Å². The summed E-state index contributed by atoms with van der Waals surface area (Å²) in [7, 11) is 1.76. The molecule has 2 rings (SSSR count). The third-order valence-electron chi connectivity index (χ3n) is 4.08. The maximum absolute atomic E-state index is 6.06. The normalized spacial score (nSPS) is 18.6. The highest BCUT2D eigenvalue weighted by atomic mass is 35.5. The Balaban J connectivity index is 1.93. The molecule has 0 saturated heterocycles. The van der Waals surface area contributed by atoms with Crippen LogP contribution in [0, 0.1) is 5.41 Å². The van der Waals surface area contributed by atoms with Gasteiger partial charge in [0.15, 0.2) is 0 Å². The Morgan fingerprint density at radius 1 is 1.32 bits per heavy atom. The van der Waals surface area contributed by atoms with E-state index in [0.29, 0.717) is 5.41 Å². The molecule has 1 aromatic rings. The van der Waals surface area contributed by atoms with Crippen LogP contribution in [0.15, 0.2) is 12.1 Å². The van der Waals surface area contributed by atoms with Crippen LogP contribution in [0.25, 0.3) is 0 Å². The van der Waals surface area contributed by atoms with Crippen LogP contribution < -0.4 is 5.32 Å². The minimum atomic E-state index is 0.431. The Labute approximate surface area is 125 Å². The molecule has 1 fully saturated rings. The van der Waals surface area contributed by atoms with E-state index in [-0.39, 0.29) is 0 Å². The lowest BCUT2D eigenvalue weighted by molar-refractivity contribution is 0.163. The maximum Gasteiger partial charge on any atom is 0.0931 e. The number of hydrogen-bond donors (Lipinski definition) is 1. The summed E-state index contributed by atoms with van der Waals surface area (Å²) in [5.41, 5.74) is 0.431. The fourth-order valence-corrected chi connectivity index (χ4v) is 4.32. The zero-order chi connectivity index (χ0) is 13.6. The molecule has 1 N–H and O–H groups in total. The van der Waals surface area contributed by atoms with Gasteiger partial charge in [-0.05, 0) is 36.8 Å². The highest BCUT2D eigenvalue weighted by Crippen LogP contribution is 2.40. The lowest BCUT2D eigenvalue weighted by Crippen LogP contribution is -2.38. The van der Waals surface area contributed by atoms with Crippen molar-refractivity contribution in [2.75, 3.05) is 26.8 Å². The molecule has 0 unspecified atom stereocenters. The molecule has 0 radical (unpaired) electrons. The van der Waals surface area contributed by atoms with Crippen LogP contribution in [0.4, 0.5) is 0 Å². The van der Waals surface area contributed by atoms with Crippen molar-refractivity contribution in [1.82, 2.24) is 5.32 Å². The number of ether oxygens (including phenoxy) is 1. The molecule has 0 bridgehead atoms. The Hall–Kier alpha value is -0.0900. The number of hydrogen-bond acceptors (Lipinski definition) is 3. The van der Waals surface area contributed by atoms with Crippen LogP contribution in [-0.4, -0.2) is 26.8 Å². The van der Waals surface area contributed by atoms with Gasteiger partial charge in [-0.3, -0.25) is 0 Å². The Bertz CT molecular complexity index is 374. The van der Waals surface area contributed by atoms with Gasteiger partial charge in [0, 0.05) is 25.1 Å². The van der Waals surface area contributed by atoms with E-state index in [0.717, 1.165) is 24.0 Å². The van der Waals surface area contributed by atoms with Gasteiger partial charge in [0.1, 0.15) is 0 Å². The van der Waals surface area contributed by atoms with Crippen LogP contribution >= 0.6 is 22.9 Å². The number of nitrogens with one attached hydrogen (secondary N) is 1. The fourth-order valence-electron chi connectivity index (χ4n) is 3.06. The first-order valence-corrected chi connectivity index (χ1v) is 8.37. The van der Waals surface area contributed by atoms with E-state index in [9.17, 15) is 0 Å². The molecular formula is C15H24ClNOS. The molecule has 1 aliphatic carbocycles. The Morgan fingerprint density at radius 3 is 2.74 bits per heavy atom. The first kappa shape index (κ1) is 15.3. The molecule has 0 aliphatic heterocycles. The third kappa shape index (κ3) is 4.75. The van der Waals surface area contributed by atoms with Gasteiger partial charge in [-0.2, -0.15) is 0 Å². The van der Waals surface area contributed by atoms with E-state index < -0.39 is 0 Å². The zero-order valence-corrected chi connectivity index (χ0v) is 13.3. The molecule has 108 valence electrons. The van der Waals surface area contributed by atoms with Crippen molar-refractivity contribution < 1.29 is 4.74 Å². The van der Waals surface area contributed by atoms with Crippen molar-refractivity contribution in [1.29, 1.82) is 0 Å². The molecule has 1 heterocycles. The van der Waals surface area contributed by atoms with E-state index in [1.54, 1.807) is 18.4 Å². The van der Waals surface area contributed by atoms with Gasteiger partial charge in [0.25, 0.3) is 0 Å². The zero-order valence-electron chi connectivity index (χ0n) is 11.7. The summed E-state index contributed by atoms with van der Waals surface area (Å²) >= 11 is 7.79. The summed E-state index contributed by atoms with van der Waals surface area (Å²) < 4.78 is 6.02. The van der Waals surface area contributed by atoms with Crippen molar-refractivity contribution in [2.24, 2.45) is 5.41 Å². The molecule has 2 nitrogen and oxygen atoms in total. The van der Waals surface area contributed by atoms with E-state index in [1.807, 2.05) is 6.07 Å². The quantitative estimate of drug-likeness (QED) is 0.765. The van der Waals surface area contributed by atoms with E-state index in [4.69, 9.17) is 16.3 Å². The number of halogens is 1. The lowest BCUT2D eigenvalue weighted by Gasteiger charge is -2.37. The second-order valence-electron chi connectivity index (χ2n) is 5.61. The summed E-state index contributed by atoms with van der Waals surface area (Å²) in [6, 6.07) is 4.22. The minimum absolute atomic E-state index is 0.431. The molecule has 4 heteroatoms. The van der Waals surface area contributed by atoms with Crippen molar-refractivity contribution in [2.45, 2.75) is 38.5 Å². The van der Waals surface area contributed by atoms with Gasteiger partial charge in [0.05, 0.1) is 10.9 Å². The third-order valence-corrected chi connectivity index (χ3v) is 5.31. The van der Waals surface area contributed by atoms with Gasteiger partial charge in [-0.1, -0.05) is 30.9 Å². The summed E-state index contributed by atoms with van der Waals surface area (Å²) in [6.07, 6.45) is 7.97. The number of methoxy groups -OCH3 is 1. The van der Waals surface area contributed by atoms with Crippen LogP contribution in [-0.2, 0) is 11.2 Å². The van der Waals surface area contributed by atoms with Gasteiger partial charge in [0.2, 0.25) is 0 Å². The maximum atomic E-state index is 6.06. The van der Waals surface area contributed by atoms with Gasteiger partial charge in [-0.25, -0.2) is 0 Å². The first-order valence-electron chi connectivity index (χ1n) is 7.18. The predicted molar refractivity (Wildman–Crippen MR) is 83.3 cm³/mol. The largest absolute Gasteiger partial charge is 0.383 e. The van der Waals surface area contributed by atoms with Crippen molar-refractivity contribution in [3.8, 4) is 0 Å². The van der Waals surface area contributed by atoms with Crippen LogP contribution in [0.3, 0.4) is 0 Å². The molecule has 1 aliphatic rings. The van der Waals surface area contributed by atoms with Crippen molar-refractivity contribution in [3.63, 3.8) is 0 Å². The van der Waals surface area contributed by atoms with E-state index in [1.165, 1.54) is 43.4 Å². The summed E-state index contributed by atoms with van der Waals surface area (Å²) in [5.74, 6) is 0. The monoisotopic (exact) mass is 301 g/mol. The summed E-state index contributed by atoms with van der Waals surface area (Å²) in [5, 5.41) is 3.57. The average Bonchev–Trinajstić information content (AvgIpc) is 2.81. The Morgan fingerprint density at radius 2 is 2.11 bits per heavy atom. The molecule has 19 heavy (non-hydrogen) atoms. The predicted octanol–water partition coefficient (Wildman–Crippen LogP) is 4.13. The topological polar surface area (TPSA) is 21.3 Å². The SMILES string of the molecule is COCCNCC1(Cc2ccc(Cl)s2)CCCCC1. The van der Waals surface area contributed by atoms with Crippen molar-refractivity contribution in [3.05, 3.63) is 21.3 Å². The van der Waals surface area contributed by atoms with Gasteiger partial charge >= 0.3 is 0 Å². The van der Waals surface area contributed by atoms with Crippen LogP contribution in [0.2, 0.25) is 4.34 Å². The highest BCUT2D eigenvalue weighted by molar-refractivity contribution is 7.16. The van der Waals surface area contributed by atoms with Crippen LogP contribution in [0.1, 0.15) is 37.0 Å². The van der Waals surface area contributed by atoms with E-state index >= 15 is 0 Å². The smallest absolute Gasteiger partial charge is 0.0931 e. The van der Waals surface area contributed by atoms with Gasteiger partial charge < -0.3 is 10.1 Å². The molecule has 0 aromatic carbocycles. The molecule has 1 aromatic heterocycles. The number of thiophene rings is 1. The molecular weight excluding hydrogens is 278 g/mol. The lowest BCUT2D eigenvalue weighted by atomic mass is 9.71. The van der Waals surface area contributed by atoms with Crippen LogP contribution in [0.5, 0.6) is 0 Å². The standard InChI is InChI=1S/C15H24ClNOS/c1-18-10-9-17-12-15(7-3-2-4-8-15)11-13-5-6-14(16)19-13/h5-6,17H,2-4,7-12H2,1H3.